The van der Waals surface area contributed by atoms with Gasteiger partial charge in [-0.1, -0.05) is 41.4 Å². The molecule has 0 radical (unpaired) electrons. The molecule has 6 rings (SSSR count). The molecule has 43 heavy (non-hydrogen) atoms. The Kier molecular flexibility index (Phi) is 8.40. The highest BCUT2D eigenvalue weighted by molar-refractivity contribution is 6.42. The Labute approximate surface area is 258 Å². The van der Waals surface area contributed by atoms with Crippen molar-refractivity contribution >= 4 is 40.5 Å². The predicted molar refractivity (Wildman–Crippen MR) is 168 cm³/mol. The molecule has 0 saturated carbocycles. The number of benzene rings is 3. The quantitative estimate of drug-likeness (QED) is 0.187. The zero-order chi connectivity index (χ0) is 29.8. The van der Waals surface area contributed by atoms with Crippen LogP contribution in [0.15, 0.2) is 96.1 Å². The molecule has 0 aliphatic heterocycles. The van der Waals surface area contributed by atoms with Crippen molar-refractivity contribution in [2.75, 3.05) is 11.9 Å². The number of anilines is 2. The van der Waals surface area contributed by atoms with Crippen molar-refractivity contribution in [2.24, 2.45) is 0 Å². The highest BCUT2D eigenvalue weighted by Crippen LogP contribution is 2.33. The van der Waals surface area contributed by atoms with E-state index in [9.17, 15) is 9.59 Å². The van der Waals surface area contributed by atoms with Crippen molar-refractivity contribution in [3.8, 4) is 17.2 Å². The van der Waals surface area contributed by atoms with E-state index in [-0.39, 0.29) is 17.3 Å². The SMILES string of the molecule is O=C(NCCc1ccccn1)c1cccc(Nc2c(Oc3ccc4c(c3)CCC4)cnn(-c3ccc(Cl)c(Cl)c3)c2=O)c1. The Morgan fingerprint density at radius 2 is 1.81 bits per heavy atom. The number of fused-ring (bicyclic) bond motifs is 1. The van der Waals surface area contributed by atoms with E-state index in [4.69, 9.17) is 27.9 Å². The van der Waals surface area contributed by atoms with Crippen LogP contribution in [0.2, 0.25) is 10.0 Å². The Balaban J connectivity index is 1.29. The van der Waals surface area contributed by atoms with Crippen LogP contribution in [-0.2, 0) is 19.3 Å². The molecule has 0 atom stereocenters. The number of aromatic nitrogens is 3. The van der Waals surface area contributed by atoms with Crippen molar-refractivity contribution in [1.29, 1.82) is 0 Å². The van der Waals surface area contributed by atoms with Gasteiger partial charge in [0.25, 0.3) is 11.5 Å². The van der Waals surface area contributed by atoms with Gasteiger partial charge in [-0.25, -0.2) is 0 Å². The first-order valence-electron chi connectivity index (χ1n) is 13.9. The van der Waals surface area contributed by atoms with Gasteiger partial charge in [0.05, 0.1) is 21.9 Å². The lowest BCUT2D eigenvalue weighted by atomic mass is 10.1. The van der Waals surface area contributed by atoms with Crippen LogP contribution in [0.25, 0.3) is 5.69 Å². The molecule has 0 spiro atoms. The van der Waals surface area contributed by atoms with Crippen molar-refractivity contribution in [3.63, 3.8) is 0 Å². The number of pyridine rings is 1. The highest BCUT2D eigenvalue weighted by atomic mass is 35.5. The lowest BCUT2D eigenvalue weighted by Gasteiger charge is -2.16. The third-order valence-electron chi connectivity index (χ3n) is 7.18. The number of ether oxygens (including phenoxy) is 1. The molecule has 1 aliphatic carbocycles. The Hall–Kier alpha value is -4.66. The van der Waals surface area contributed by atoms with Crippen LogP contribution in [-0.4, -0.2) is 27.2 Å². The second kappa shape index (κ2) is 12.7. The van der Waals surface area contributed by atoms with Crippen LogP contribution in [0.1, 0.15) is 33.6 Å². The van der Waals surface area contributed by atoms with E-state index in [1.54, 1.807) is 48.7 Å². The number of hydrogen-bond donors (Lipinski definition) is 2. The standard InChI is InChI=1S/C33H27Cl2N5O3/c34-28-13-11-26(19-29(28)35)40-33(42)31(30(20-38-40)43-27-12-10-21-5-3-6-22(21)18-27)39-25-9-4-7-23(17-25)32(41)37-16-14-24-8-1-2-15-36-24/h1-2,4,7-13,15,17-20,39H,3,5-6,14,16H2,(H,37,41). The summed E-state index contributed by atoms with van der Waals surface area (Å²) in [6, 6.07) is 23.4. The van der Waals surface area contributed by atoms with Crippen molar-refractivity contribution < 1.29 is 9.53 Å². The fourth-order valence-electron chi connectivity index (χ4n) is 5.00. The molecule has 0 unspecified atom stereocenters. The summed E-state index contributed by atoms with van der Waals surface area (Å²) in [5, 5.41) is 11.1. The van der Waals surface area contributed by atoms with Gasteiger partial charge < -0.3 is 15.4 Å². The van der Waals surface area contributed by atoms with Crippen molar-refractivity contribution in [1.82, 2.24) is 20.1 Å². The fourth-order valence-corrected chi connectivity index (χ4v) is 5.30. The minimum absolute atomic E-state index is 0.147. The fraction of sp³-hybridized carbons (Fsp3) is 0.152. The van der Waals surface area contributed by atoms with E-state index in [2.05, 4.69) is 26.8 Å². The third-order valence-corrected chi connectivity index (χ3v) is 7.91. The van der Waals surface area contributed by atoms with Crippen molar-refractivity contribution in [3.05, 3.63) is 134 Å². The summed E-state index contributed by atoms with van der Waals surface area (Å²) in [5.41, 5.74) is 4.53. The molecule has 0 fully saturated rings. The molecule has 8 nitrogen and oxygen atoms in total. The van der Waals surface area contributed by atoms with Crippen LogP contribution >= 0.6 is 23.2 Å². The molecule has 1 amide bonds. The number of rotatable bonds is 9. The van der Waals surface area contributed by atoms with E-state index in [0.29, 0.717) is 45.7 Å². The molecule has 1 aliphatic rings. The minimum Gasteiger partial charge on any atom is -0.453 e. The average molecular weight is 613 g/mol. The van der Waals surface area contributed by atoms with Gasteiger partial charge in [0, 0.05) is 36.1 Å². The summed E-state index contributed by atoms with van der Waals surface area (Å²) >= 11 is 12.3. The molecule has 0 bridgehead atoms. The van der Waals surface area contributed by atoms with E-state index >= 15 is 0 Å². The van der Waals surface area contributed by atoms with Gasteiger partial charge in [-0.15, -0.1) is 0 Å². The molecule has 2 heterocycles. The lowest BCUT2D eigenvalue weighted by Crippen LogP contribution is -2.26. The Morgan fingerprint density at radius 3 is 2.65 bits per heavy atom. The first-order valence-corrected chi connectivity index (χ1v) is 14.6. The zero-order valence-electron chi connectivity index (χ0n) is 23.0. The Morgan fingerprint density at radius 1 is 0.930 bits per heavy atom. The van der Waals surface area contributed by atoms with E-state index in [0.717, 1.165) is 25.0 Å². The van der Waals surface area contributed by atoms with Crippen LogP contribution in [0.3, 0.4) is 0 Å². The van der Waals surface area contributed by atoms with Gasteiger partial charge in [0.1, 0.15) is 5.75 Å². The third kappa shape index (κ3) is 6.56. The van der Waals surface area contributed by atoms with Crippen LogP contribution in [0, 0.1) is 0 Å². The molecule has 2 N–H and O–H groups in total. The van der Waals surface area contributed by atoms with Gasteiger partial charge >= 0.3 is 0 Å². The maximum absolute atomic E-state index is 13.9. The normalized spacial score (nSPS) is 12.0. The number of nitrogens with one attached hydrogen (secondary N) is 2. The number of carbonyl (C=O) groups is 1. The summed E-state index contributed by atoms with van der Waals surface area (Å²) in [5.74, 6) is 0.611. The highest BCUT2D eigenvalue weighted by Gasteiger charge is 2.18. The largest absolute Gasteiger partial charge is 0.453 e. The Bertz CT molecular complexity index is 1860. The number of hydrogen-bond acceptors (Lipinski definition) is 6. The summed E-state index contributed by atoms with van der Waals surface area (Å²) in [6.45, 7) is 0.435. The monoisotopic (exact) mass is 611 g/mol. The van der Waals surface area contributed by atoms with Gasteiger partial charge in [0.2, 0.25) is 0 Å². The summed E-state index contributed by atoms with van der Waals surface area (Å²) in [6.07, 6.45) is 6.97. The second-order valence-electron chi connectivity index (χ2n) is 10.1. The summed E-state index contributed by atoms with van der Waals surface area (Å²) in [4.78, 5) is 31.1. The minimum atomic E-state index is -0.470. The first-order chi connectivity index (χ1) is 20.9. The van der Waals surface area contributed by atoms with Gasteiger partial charge in [-0.2, -0.15) is 9.78 Å². The van der Waals surface area contributed by atoms with Crippen LogP contribution in [0.5, 0.6) is 11.5 Å². The topological polar surface area (TPSA) is 98.1 Å². The molecule has 0 saturated heterocycles. The van der Waals surface area contributed by atoms with Gasteiger partial charge in [0.15, 0.2) is 11.4 Å². The molecular weight excluding hydrogens is 585 g/mol. The molecule has 3 aromatic carbocycles. The number of carbonyl (C=O) groups excluding carboxylic acids is 1. The molecule has 10 heteroatoms. The number of halogens is 2. The zero-order valence-corrected chi connectivity index (χ0v) is 24.5. The average Bonchev–Trinajstić information content (AvgIpc) is 3.49. The first kappa shape index (κ1) is 28.5. The molecule has 2 aromatic heterocycles. The maximum atomic E-state index is 13.9. The lowest BCUT2D eigenvalue weighted by molar-refractivity contribution is 0.0954. The summed E-state index contributed by atoms with van der Waals surface area (Å²) < 4.78 is 7.44. The number of nitrogens with zero attached hydrogens (tertiary/aromatic N) is 3. The van der Waals surface area contributed by atoms with Crippen LogP contribution in [0.4, 0.5) is 11.4 Å². The molecule has 5 aromatic rings. The van der Waals surface area contributed by atoms with E-state index < -0.39 is 5.56 Å². The van der Waals surface area contributed by atoms with Gasteiger partial charge in [-0.05, 0) is 91.1 Å². The van der Waals surface area contributed by atoms with Gasteiger partial charge in [-0.3, -0.25) is 14.6 Å². The number of amides is 1. The second-order valence-corrected chi connectivity index (χ2v) is 10.9. The molecular formula is C33H27Cl2N5O3. The van der Waals surface area contributed by atoms with E-state index in [1.807, 2.05) is 30.3 Å². The maximum Gasteiger partial charge on any atom is 0.299 e. The van der Waals surface area contributed by atoms with Crippen LogP contribution < -0.4 is 20.9 Å². The number of aryl methyl sites for hydroxylation is 2. The smallest absolute Gasteiger partial charge is 0.299 e. The molecule has 216 valence electrons. The predicted octanol–water partition coefficient (Wildman–Crippen LogP) is 6.93. The van der Waals surface area contributed by atoms with E-state index in [1.165, 1.54) is 22.0 Å². The van der Waals surface area contributed by atoms with Crippen molar-refractivity contribution in [2.45, 2.75) is 25.7 Å². The summed E-state index contributed by atoms with van der Waals surface area (Å²) in [7, 11) is 0.